The van der Waals surface area contributed by atoms with Gasteiger partial charge in [0.1, 0.15) is 11.4 Å². The van der Waals surface area contributed by atoms with Crippen LogP contribution in [-0.2, 0) is 4.74 Å². The molecule has 120 valence electrons. The van der Waals surface area contributed by atoms with Crippen LogP contribution in [0, 0.1) is 0 Å². The molecule has 1 fully saturated rings. The Kier molecular flexibility index (Phi) is 3.79. The monoisotopic (exact) mass is 303 g/mol. The first kappa shape index (κ1) is 15.2. The number of rotatable bonds is 1. The fourth-order valence-corrected chi connectivity index (χ4v) is 3.68. The second kappa shape index (κ2) is 5.49. The Morgan fingerprint density at radius 3 is 2.64 bits per heavy atom. The highest BCUT2D eigenvalue weighted by Gasteiger charge is 2.44. The largest absolute Gasteiger partial charge is 0.497 e. The van der Waals surface area contributed by atoms with E-state index in [0.29, 0.717) is 5.92 Å². The lowest BCUT2D eigenvalue weighted by Crippen LogP contribution is -2.43. The van der Waals surface area contributed by atoms with Gasteiger partial charge in [0, 0.05) is 12.0 Å². The van der Waals surface area contributed by atoms with Gasteiger partial charge in [-0.2, -0.15) is 0 Å². The summed E-state index contributed by atoms with van der Waals surface area (Å²) in [5, 5.41) is 0. The molecular weight excluding hydrogens is 278 g/mol. The van der Waals surface area contributed by atoms with Crippen molar-refractivity contribution >= 4 is 11.8 Å². The smallest absolute Gasteiger partial charge is 0.415 e. The molecule has 0 N–H and O–H groups in total. The van der Waals surface area contributed by atoms with Crippen LogP contribution in [0.15, 0.2) is 18.2 Å². The summed E-state index contributed by atoms with van der Waals surface area (Å²) in [5.74, 6) is 1.26. The van der Waals surface area contributed by atoms with E-state index in [-0.39, 0.29) is 12.1 Å². The number of carbonyl (C=O) groups is 1. The maximum absolute atomic E-state index is 12.7. The fourth-order valence-electron chi connectivity index (χ4n) is 3.68. The predicted molar refractivity (Wildman–Crippen MR) is 86.7 cm³/mol. The van der Waals surface area contributed by atoms with Gasteiger partial charge in [0.2, 0.25) is 0 Å². The normalized spacial score (nSPS) is 23.7. The standard InChI is InChI=1S/C18H25NO3/c1-18(2,3)22-17(20)19-15-8-6-5-7-13(15)14-11-12(21-4)9-10-16(14)19/h9-11,13,15H,5-8H2,1-4H3/t13-,15-/m0/s1. The number of benzene rings is 1. The third-order valence-corrected chi connectivity index (χ3v) is 4.55. The number of amides is 1. The summed E-state index contributed by atoms with van der Waals surface area (Å²) < 4.78 is 11.0. The SMILES string of the molecule is COc1ccc2c(c1)[C@@H]1CCCC[C@@H]1N2C(=O)OC(C)(C)C. The molecule has 0 radical (unpaired) electrons. The van der Waals surface area contributed by atoms with Crippen LogP contribution in [-0.4, -0.2) is 24.8 Å². The van der Waals surface area contributed by atoms with E-state index in [1.54, 1.807) is 7.11 Å². The Morgan fingerprint density at radius 1 is 1.23 bits per heavy atom. The molecular formula is C18H25NO3. The third kappa shape index (κ3) is 2.67. The number of ether oxygens (including phenoxy) is 2. The first-order valence-electron chi connectivity index (χ1n) is 8.11. The van der Waals surface area contributed by atoms with Crippen molar-refractivity contribution in [3.05, 3.63) is 23.8 Å². The quantitative estimate of drug-likeness (QED) is 0.768. The Morgan fingerprint density at radius 2 is 1.95 bits per heavy atom. The molecule has 1 aromatic carbocycles. The summed E-state index contributed by atoms with van der Waals surface area (Å²) in [4.78, 5) is 14.6. The Hall–Kier alpha value is -1.71. The molecule has 1 aliphatic carbocycles. The molecule has 2 aliphatic rings. The van der Waals surface area contributed by atoms with E-state index in [0.717, 1.165) is 24.3 Å². The van der Waals surface area contributed by atoms with Crippen LogP contribution in [0.25, 0.3) is 0 Å². The number of nitrogens with zero attached hydrogens (tertiary/aromatic N) is 1. The molecule has 0 bridgehead atoms. The molecule has 1 saturated carbocycles. The first-order valence-corrected chi connectivity index (χ1v) is 8.11. The minimum absolute atomic E-state index is 0.228. The van der Waals surface area contributed by atoms with Gasteiger partial charge in [-0.3, -0.25) is 4.90 Å². The van der Waals surface area contributed by atoms with Crippen LogP contribution in [0.5, 0.6) is 5.75 Å². The van der Waals surface area contributed by atoms with E-state index >= 15 is 0 Å². The molecule has 0 aromatic heterocycles. The van der Waals surface area contributed by atoms with Crippen molar-refractivity contribution in [3.8, 4) is 5.75 Å². The van der Waals surface area contributed by atoms with Gasteiger partial charge in [0.05, 0.1) is 12.8 Å². The van der Waals surface area contributed by atoms with Crippen LogP contribution in [0.2, 0.25) is 0 Å². The number of anilines is 1. The number of hydrogen-bond donors (Lipinski definition) is 0. The Labute approximate surface area is 132 Å². The lowest BCUT2D eigenvalue weighted by atomic mass is 9.82. The topological polar surface area (TPSA) is 38.8 Å². The highest BCUT2D eigenvalue weighted by atomic mass is 16.6. The van der Waals surface area contributed by atoms with Gasteiger partial charge in [-0.05, 0) is 57.4 Å². The molecule has 1 aromatic rings. The van der Waals surface area contributed by atoms with Crippen LogP contribution < -0.4 is 9.64 Å². The van der Waals surface area contributed by atoms with Gasteiger partial charge in [0.15, 0.2) is 0 Å². The van der Waals surface area contributed by atoms with Crippen molar-refractivity contribution in [1.29, 1.82) is 0 Å². The van der Waals surface area contributed by atoms with Crippen molar-refractivity contribution in [1.82, 2.24) is 0 Å². The average Bonchev–Trinajstić information content (AvgIpc) is 2.79. The number of carbonyl (C=O) groups excluding carboxylic acids is 1. The predicted octanol–water partition coefficient (Wildman–Crippen LogP) is 4.48. The molecule has 1 aliphatic heterocycles. The van der Waals surface area contributed by atoms with Crippen molar-refractivity contribution in [2.75, 3.05) is 12.0 Å². The van der Waals surface area contributed by atoms with Gasteiger partial charge in [-0.1, -0.05) is 12.8 Å². The zero-order chi connectivity index (χ0) is 15.9. The minimum atomic E-state index is -0.476. The molecule has 22 heavy (non-hydrogen) atoms. The highest BCUT2D eigenvalue weighted by molar-refractivity contribution is 5.92. The Balaban J connectivity index is 1.98. The molecule has 0 saturated heterocycles. The zero-order valence-corrected chi connectivity index (χ0v) is 13.9. The number of methoxy groups -OCH3 is 1. The third-order valence-electron chi connectivity index (χ3n) is 4.55. The summed E-state index contributed by atoms with van der Waals surface area (Å²) in [6, 6.07) is 6.23. The second-order valence-corrected chi connectivity index (χ2v) is 7.23. The molecule has 1 heterocycles. The van der Waals surface area contributed by atoms with E-state index in [9.17, 15) is 4.79 Å². The van der Waals surface area contributed by atoms with Crippen molar-refractivity contribution in [2.45, 2.75) is 64.0 Å². The molecule has 3 rings (SSSR count). The number of hydrogen-bond acceptors (Lipinski definition) is 3. The maximum Gasteiger partial charge on any atom is 0.415 e. The van der Waals surface area contributed by atoms with Gasteiger partial charge in [-0.15, -0.1) is 0 Å². The Bertz CT molecular complexity index is 576. The van der Waals surface area contributed by atoms with Crippen molar-refractivity contribution < 1.29 is 14.3 Å². The van der Waals surface area contributed by atoms with Gasteiger partial charge in [-0.25, -0.2) is 4.79 Å². The summed E-state index contributed by atoms with van der Waals surface area (Å²) in [6.45, 7) is 5.73. The molecule has 1 amide bonds. The molecule has 0 unspecified atom stereocenters. The van der Waals surface area contributed by atoms with Crippen molar-refractivity contribution in [2.24, 2.45) is 0 Å². The van der Waals surface area contributed by atoms with E-state index in [1.165, 1.54) is 18.4 Å². The van der Waals surface area contributed by atoms with E-state index in [2.05, 4.69) is 6.07 Å². The molecule has 4 heteroatoms. The van der Waals surface area contributed by atoms with E-state index in [4.69, 9.17) is 9.47 Å². The van der Waals surface area contributed by atoms with Crippen molar-refractivity contribution in [3.63, 3.8) is 0 Å². The average molecular weight is 303 g/mol. The van der Waals surface area contributed by atoms with E-state index in [1.807, 2.05) is 37.8 Å². The molecule has 0 spiro atoms. The highest BCUT2D eigenvalue weighted by Crippen LogP contribution is 2.49. The zero-order valence-electron chi connectivity index (χ0n) is 13.9. The maximum atomic E-state index is 12.7. The first-order chi connectivity index (χ1) is 10.4. The summed E-state index contributed by atoms with van der Waals surface area (Å²) in [5.41, 5.74) is 1.75. The van der Waals surface area contributed by atoms with Crippen LogP contribution >= 0.6 is 0 Å². The summed E-state index contributed by atoms with van der Waals surface area (Å²) >= 11 is 0. The van der Waals surface area contributed by atoms with Gasteiger partial charge in [0.25, 0.3) is 0 Å². The minimum Gasteiger partial charge on any atom is -0.497 e. The van der Waals surface area contributed by atoms with Crippen LogP contribution in [0.1, 0.15) is 57.9 Å². The van der Waals surface area contributed by atoms with Crippen LogP contribution in [0.3, 0.4) is 0 Å². The fraction of sp³-hybridized carbons (Fsp3) is 0.611. The summed E-state index contributed by atoms with van der Waals surface area (Å²) in [7, 11) is 1.68. The van der Waals surface area contributed by atoms with Gasteiger partial charge < -0.3 is 9.47 Å². The van der Waals surface area contributed by atoms with Crippen LogP contribution in [0.4, 0.5) is 10.5 Å². The number of fused-ring (bicyclic) bond motifs is 3. The lowest BCUT2D eigenvalue weighted by Gasteiger charge is -2.33. The van der Waals surface area contributed by atoms with E-state index < -0.39 is 5.60 Å². The second-order valence-electron chi connectivity index (χ2n) is 7.23. The molecule has 4 nitrogen and oxygen atoms in total. The van der Waals surface area contributed by atoms with Gasteiger partial charge >= 0.3 is 6.09 Å². The lowest BCUT2D eigenvalue weighted by molar-refractivity contribution is 0.0560. The summed E-state index contributed by atoms with van der Waals surface area (Å²) in [6.07, 6.45) is 4.34. The molecule has 2 atom stereocenters.